The predicted octanol–water partition coefficient (Wildman–Crippen LogP) is 5.31. The molecule has 0 amide bonds. The van der Waals surface area contributed by atoms with Crippen LogP contribution in [0.5, 0.6) is 11.5 Å². The first-order valence-electron chi connectivity index (χ1n) is 10.6. The average molecular weight is 512 g/mol. The van der Waals surface area contributed by atoms with Crippen molar-refractivity contribution in [3.05, 3.63) is 64.8 Å². The fourth-order valence-corrected chi connectivity index (χ4v) is 5.06. The van der Waals surface area contributed by atoms with E-state index in [2.05, 4.69) is 15.1 Å². The molecule has 0 radical (unpaired) electrons. The molecule has 184 valence electrons. The van der Waals surface area contributed by atoms with Gasteiger partial charge in [-0.2, -0.15) is 18.2 Å². The van der Waals surface area contributed by atoms with Crippen LogP contribution in [-0.2, 0) is 23.0 Å². The van der Waals surface area contributed by atoms with Gasteiger partial charge >= 0.3 is 6.18 Å². The van der Waals surface area contributed by atoms with Crippen LogP contribution in [0.4, 0.5) is 17.6 Å². The number of aromatic nitrogens is 3. The minimum atomic E-state index is -4.57. The second kappa shape index (κ2) is 8.47. The highest BCUT2D eigenvalue weighted by atomic mass is 35.5. The maximum Gasteiger partial charge on any atom is 0.433 e. The van der Waals surface area contributed by atoms with Crippen molar-refractivity contribution in [1.29, 1.82) is 0 Å². The lowest BCUT2D eigenvalue weighted by Gasteiger charge is -2.68. The molecule has 2 bridgehead atoms. The molecule has 0 aliphatic heterocycles. The molecule has 1 aromatic carbocycles. The van der Waals surface area contributed by atoms with Crippen molar-refractivity contribution in [2.24, 2.45) is 5.41 Å². The first kappa shape index (κ1) is 23.5. The lowest BCUT2D eigenvalue weighted by molar-refractivity contribution is -0.168. The largest absolute Gasteiger partial charge is 0.486 e. The highest BCUT2D eigenvalue weighted by Gasteiger charge is 2.71. The van der Waals surface area contributed by atoms with Gasteiger partial charge in [-0.3, -0.25) is 9.78 Å². The smallest absolute Gasteiger partial charge is 0.433 e. The van der Waals surface area contributed by atoms with Crippen LogP contribution in [0.2, 0.25) is 5.02 Å². The Hall–Kier alpha value is -3.21. The summed E-state index contributed by atoms with van der Waals surface area (Å²) in [5.41, 5.74) is -1.48. The van der Waals surface area contributed by atoms with Gasteiger partial charge in [-0.15, -0.1) is 0 Å². The van der Waals surface area contributed by atoms with Gasteiger partial charge in [-0.25, -0.2) is 4.39 Å². The summed E-state index contributed by atoms with van der Waals surface area (Å²) in [6, 6.07) is 6.10. The standard InChI is InChI=1S/C23H18ClF4N3O4/c24-16-2-1-14(5-17(16)25)33-8-13(32)7-21-10-22(11-21,12-21)20-30-19(31-35-20)9-34-15-3-4-29-18(6-15)23(26,27)28/h1-6H,7-12H2. The van der Waals surface area contributed by atoms with Gasteiger partial charge in [-0.1, -0.05) is 16.8 Å². The Balaban J connectivity index is 1.10. The van der Waals surface area contributed by atoms with E-state index in [0.29, 0.717) is 31.6 Å². The minimum absolute atomic E-state index is 0.00906. The molecule has 2 aromatic heterocycles. The number of pyridine rings is 1. The molecule has 2 heterocycles. The number of alkyl halides is 3. The zero-order chi connectivity index (χ0) is 24.8. The number of hydrogen-bond acceptors (Lipinski definition) is 7. The molecule has 3 aliphatic rings. The first-order valence-corrected chi connectivity index (χ1v) is 11.0. The zero-order valence-electron chi connectivity index (χ0n) is 18.1. The van der Waals surface area contributed by atoms with Crippen LogP contribution in [0.3, 0.4) is 0 Å². The normalized spacial score (nSPS) is 22.8. The van der Waals surface area contributed by atoms with Crippen LogP contribution in [0.25, 0.3) is 0 Å². The summed E-state index contributed by atoms with van der Waals surface area (Å²) < 4.78 is 67.9. The number of rotatable bonds is 9. The Bertz CT molecular complexity index is 1260. The Labute approximate surface area is 201 Å². The molecule has 0 unspecified atom stereocenters. The van der Waals surface area contributed by atoms with Crippen LogP contribution < -0.4 is 9.47 Å². The molecule has 0 spiro atoms. The predicted molar refractivity (Wildman–Crippen MR) is 112 cm³/mol. The van der Waals surface area contributed by atoms with Crippen LogP contribution in [0, 0.1) is 11.2 Å². The SMILES string of the molecule is O=C(COc1ccc(Cl)c(F)c1)CC12CC(c3nc(COc4ccnc(C(F)(F)F)c4)no3)(C1)C2. The second-order valence-corrected chi connectivity index (χ2v) is 9.48. The van der Waals surface area contributed by atoms with E-state index in [4.69, 9.17) is 25.6 Å². The van der Waals surface area contributed by atoms with E-state index in [1.54, 1.807) is 0 Å². The van der Waals surface area contributed by atoms with Crippen molar-refractivity contribution in [2.75, 3.05) is 6.61 Å². The average Bonchev–Trinajstić information content (AvgIpc) is 3.23. The van der Waals surface area contributed by atoms with Gasteiger partial charge in [0.25, 0.3) is 0 Å². The maximum atomic E-state index is 13.5. The van der Waals surface area contributed by atoms with E-state index >= 15 is 0 Å². The van der Waals surface area contributed by atoms with Crippen LogP contribution in [0.15, 0.2) is 41.1 Å². The van der Waals surface area contributed by atoms with E-state index < -0.39 is 17.7 Å². The first-order chi connectivity index (χ1) is 16.6. The number of ketones is 1. The molecule has 0 N–H and O–H groups in total. The van der Waals surface area contributed by atoms with E-state index in [9.17, 15) is 22.4 Å². The third kappa shape index (κ3) is 4.69. The van der Waals surface area contributed by atoms with E-state index in [0.717, 1.165) is 18.3 Å². The van der Waals surface area contributed by atoms with Crippen molar-refractivity contribution in [1.82, 2.24) is 15.1 Å². The number of ether oxygens (including phenoxy) is 2. The molecule has 3 aliphatic carbocycles. The monoisotopic (exact) mass is 511 g/mol. The molecule has 3 aromatic rings. The molecule has 0 saturated heterocycles. The molecular formula is C23H18ClF4N3O4. The third-order valence-electron chi connectivity index (χ3n) is 6.31. The van der Waals surface area contributed by atoms with Crippen LogP contribution in [-0.4, -0.2) is 27.5 Å². The summed E-state index contributed by atoms with van der Waals surface area (Å²) in [6.45, 7) is -0.323. The summed E-state index contributed by atoms with van der Waals surface area (Å²) in [5.74, 6) is 0.160. The number of carbonyl (C=O) groups is 1. The minimum Gasteiger partial charge on any atom is -0.486 e. The molecule has 0 atom stereocenters. The van der Waals surface area contributed by atoms with E-state index in [1.807, 2.05) is 0 Å². The van der Waals surface area contributed by atoms with Crippen LogP contribution in [0.1, 0.15) is 43.1 Å². The fourth-order valence-electron chi connectivity index (χ4n) is 4.94. The summed E-state index contributed by atoms with van der Waals surface area (Å²) in [4.78, 5) is 20.0. The van der Waals surface area contributed by atoms with Crippen molar-refractivity contribution in [3.8, 4) is 11.5 Å². The highest BCUT2D eigenvalue weighted by Crippen LogP contribution is 2.74. The summed E-state index contributed by atoms with van der Waals surface area (Å²) >= 11 is 5.63. The molecular weight excluding hydrogens is 494 g/mol. The van der Waals surface area contributed by atoms with Gasteiger partial charge in [0.1, 0.15) is 29.6 Å². The van der Waals surface area contributed by atoms with Crippen molar-refractivity contribution >= 4 is 17.4 Å². The molecule has 3 saturated carbocycles. The number of hydrogen-bond donors (Lipinski definition) is 0. The number of halogens is 5. The molecule has 7 nitrogen and oxygen atoms in total. The second-order valence-electron chi connectivity index (χ2n) is 9.07. The van der Waals surface area contributed by atoms with E-state index in [1.165, 1.54) is 18.2 Å². The fraction of sp³-hybridized carbons (Fsp3) is 0.391. The van der Waals surface area contributed by atoms with Crippen molar-refractivity contribution < 1.29 is 36.4 Å². The van der Waals surface area contributed by atoms with Gasteiger partial charge in [0.15, 0.2) is 12.4 Å². The van der Waals surface area contributed by atoms with Crippen LogP contribution >= 0.6 is 11.6 Å². The third-order valence-corrected chi connectivity index (χ3v) is 6.62. The molecule has 35 heavy (non-hydrogen) atoms. The lowest BCUT2D eigenvalue weighted by atomic mass is 9.34. The number of nitrogens with zero attached hydrogens (tertiary/aromatic N) is 3. The number of benzene rings is 1. The van der Waals surface area contributed by atoms with Crippen molar-refractivity contribution in [3.63, 3.8) is 0 Å². The topological polar surface area (TPSA) is 87.3 Å². The van der Waals surface area contributed by atoms with Gasteiger partial charge in [-0.05, 0) is 42.9 Å². The summed E-state index contributed by atoms with van der Waals surface area (Å²) in [5, 5.41) is 3.84. The highest BCUT2D eigenvalue weighted by molar-refractivity contribution is 6.30. The van der Waals surface area contributed by atoms with Gasteiger partial charge < -0.3 is 14.0 Å². The summed E-state index contributed by atoms with van der Waals surface area (Å²) in [6.07, 6.45) is -1.09. The summed E-state index contributed by atoms with van der Waals surface area (Å²) in [7, 11) is 0. The van der Waals surface area contributed by atoms with Gasteiger partial charge in [0.2, 0.25) is 11.7 Å². The Morgan fingerprint density at radius 3 is 2.57 bits per heavy atom. The quantitative estimate of drug-likeness (QED) is 0.359. The molecule has 3 fully saturated rings. The Morgan fingerprint density at radius 1 is 1.11 bits per heavy atom. The number of carbonyl (C=O) groups excluding carboxylic acids is 1. The molecule has 6 rings (SSSR count). The van der Waals surface area contributed by atoms with Crippen molar-refractivity contribution in [2.45, 2.75) is 43.9 Å². The van der Waals surface area contributed by atoms with Gasteiger partial charge in [0, 0.05) is 24.8 Å². The Kier molecular flexibility index (Phi) is 5.70. The zero-order valence-corrected chi connectivity index (χ0v) is 18.8. The Morgan fingerprint density at radius 2 is 1.86 bits per heavy atom. The van der Waals surface area contributed by atoms with E-state index in [-0.39, 0.29) is 52.2 Å². The maximum absolute atomic E-state index is 13.5. The van der Waals surface area contributed by atoms with Gasteiger partial charge in [0.05, 0.1) is 10.4 Å². The lowest BCUT2D eigenvalue weighted by Crippen LogP contribution is -2.65. The molecule has 12 heteroatoms. The number of Topliss-reactive ketones (excluding diaryl/α,β-unsaturated/α-hetero) is 1.